The molecular formula is C43H42ClN9O5. The normalized spacial score (nSPS) is 16.6. The van der Waals surface area contributed by atoms with E-state index in [1.165, 1.54) is 6.20 Å². The third kappa shape index (κ3) is 8.14. The zero-order valence-electron chi connectivity index (χ0n) is 32.3. The molecule has 0 unspecified atom stereocenters. The van der Waals surface area contributed by atoms with Gasteiger partial charge in [0.05, 0.1) is 23.4 Å². The van der Waals surface area contributed by atoms with Crippen molar-refractivity contribution >= 4 is 52.1 Å². The van der Waals surface area contributed by atoms with Crippen LogP contribution < -0.4 is 25.6 Å². The summed E-state index contributed by atoms with van der Waals surface area (Å²) < 4.78 is 7.88. The summed E-state index contributed by atoms with van der Waals surface area (Å²) >= 11 is 6.51. The van der Waals surface area contributed by atoms with E-state index in [-0.39, 0.29) is 36.1 Å². The maximum atomic E-state index is 13.5. The van der Waals surface area contributed by atoms with Gasteiger partial charge < -0.3 is 25.3 Å². The number of amides is 4. The summed E-state index contributed by atoms with van der Waals surface area (Å²) in [6.07, 6.45) is 5.73. The lowest BCUT2D eigenvalue weighted by molar-refractivity contribution is -0.134. The van der Waals surface area contributed by atoms with Crippen LogP contribution in [0.15, 0.2) is 85.2 Å². The van der Waals surface area contributed by atoms with Crippen molar-refractivity contribution < 1.29 is 23.9 Å². The first kappa shape index (κ1) is 38.3. The molecule has 4 amide bonds. The molecule has 2 aliphatic rings. The molecule has 296 valence electrons. The summed E-state index contributed by atoms with van der Waals surface area (Å²) in [5, 5.41) is 13.3. The van der Waals surface area contributed by atoms with Crippen LogP contribution >= 0.6 is 11.6 Å². The van der Waals surface area contributed by atoms with Crippen molar-refractivity contribution in [2.24, 2.45) is 7.05 Å². The molecule has 3 aromatic heterocycles. The van der Waals surface area contributed by atoms with Gasteiger partial charge in [0.15, 0.2) is 11.4 Å². The quantitative estimate of drug-likeness (QED) is 0.115. The highest BCUT2D eigenvalue weighted by Gasteiger charge is 2.33. The Labute approximate surface area is 339 Å². The molecule has 8 rings (SSSR count). The summed E-state index contributed by atoms with van der Waals surface area (Å²) in [6.45, 7) is 5.72. The first-order valence-corrected chi connectivity index (χ1v) is 19.5. The van der Waals surface area contributed by atoms with Crippen molar-refractivity contribution in [3.05, 3.63) is 118 Å². The molecule has 0 bridgehead atoms. The van der Waals surface area contributed by atoms with Gasteiger partial charge in [0.2, 0.25) is 11.8 Å². The van der Waals surface area contributed by atoms with Crippen molar-refractivity contribution in [1.29, 1.82) is 0 Å². The Hall–Kier alpha value is -6.54. The number of nitrogens with one attached hydrogen (secondary N) is 4. The summed E-state index contributed by atoms with van der Waals surface area (Å²) in [5.41, 5.74) is 5.95. The van der Waals surface area contributed by atoms with Crippen LogP contribution in [0, 0.1) is 6.92 Å². The minimum Gasteiger partial charge on any atom is -0.453 e. The average Bonchev–Trinajstić information content (AvgIpc) is 3.80. The molecule has 2 aliphatic heterocycles. The van der Waals surface area contributed by atoms with Gasteiger partial charge in [0.1, 0.15) is 22.1 Å². The second-order valence-electron chi connectivity index (χ2n) is 15.1. The van der Waals surface area contributed by atoms with Gasteiger partial charge in [-0.3, -0.25) is 29.2 Å². The number of aryl methyl sites for hydroxylation is 2. The number of carbonyl (C=O) groups excluding carboxylic acids is 4. The average molecular weight is 800 g/mol. The van der Waals surface area contributed by atoms with Crippen LogP contribution in [0.1, 0.15) is 76.1 Å². The molecule has 0 saturated carbocycles. The van der Waals surface area contributed by atoms with Gasteiger partial charge in [-0.2, -0.15) is 5.10 Å². The number of fused-ring (bicyclic) bond motifs is 1. The smallest absolute Gasteiger partial charge is 0.251 e. The standard InChI is InChI=1S/C43H42ClN9O5/c1-25-33(24-52(3)51-25)38-48-36-37(34(44)23-45-39(36)49-38)58-31-13-9-28(10-14-31)40(55)46-22-26-5-4-6-29(21-26)41(56)50-43(2)17-19-53(20-18-43)30-11-7-27(8-12-30)32-15-16-35(54)47-42(32)57/h4-14,21,23-24,32H,15-20,22H2,1-3H3,(H,46,55)(H,50,56)(H,45,48,49)(H,47,54,57)/t32-/m0/s1. The van der Waals surface area contributed by atoms with Crippen molar-refractivity contribution in [2.45, 2.75) is 57.5 Å². The summed E-state index contributed by atoms with van der Waals surface area (Å²) in [7, 11) is 1.84. The summed E-state index contributed by atoms with van der Waals surface area (Å²) in [4.78, 5) is 64.9. The van der Waals surface area contributed by atoms with Gasteiger partial charge in [0.25, 0.3) is 11.8 Å². The molecule has 3 aromatic carbocycles. The van der Waals surface area contributed by atoms with E-state index in [0.717, 1.165) is 54.0 Å². The van der Waals surface area contributed by atoms with Crippen molar-refractivity contribution in [2.75, 3.05) is 18.0 Å². The van der Waals surface area contributed by atoms with E-state index in [9.17, 15) is 19.2 Å². The highest BCUT2D eigenvalue weighted by molar-refractivity contribution is 6.32. The molecule has 15 heteroatoms. The number of rotatable bonds is 10. The molecule has 4 N–H and O–H groups in total. The Bertz CT molecular complexity index is 2540. The van der Waals surface area contributed by atoms with Crippen LogP contribution in [0.2, 0.25) is 5.02 Å². The van der Waals surface area contributed by atoms with E-state index in [1.807, 2.05) is 56.6 Å². The zero-order valence-corrected chi connectivity index (χ0v) is 33.0. The predicted octanol–water partition coefficient (Wildman–Crippen LogP) is 6.35. The van der Waals surface area contributed by atoms with E-state index in [0.29, 0.717) is 57.5 Å². The number of ether oxygens (including phenoxy) is 1. The largest absolute Gasteiger partial charge is 0.453 e. The number of aromatic amines is 1. The molecule has 0 spiro atoms. The fraction of sp³-hybridized carbons (Fsp3) is 0.279. The van der Waals surface area contributed by atoms with Gasteiger partial charge in [0, 0.05) is 61.7 Å². The Balaban J connectivity index is 0.837. The van der Waals surface area contributed by atoms with E-state index in [2.05, 4.69) is 47.8 Å². The zero-order chi connectivity index (χ0) is 40.6. The van der Waals surface area contributed by atoms with Crippen LogP contribution in [0.4, 0.5) is 5.69 Å². The number of aromatic nitrogens is 5. The van der Waals surface area contributed by atoms with Gasteiger partial charge in [-0.15, -0.1) is 0 Å². The Kier molecular flexibility index (Phi) is 10.4. The van der Waals surface area contributed by atoms with E-state index in [1.54, 1.807) is 41.1 Å². The van der Waals surface area contributed by atoms with Crippen LogP contribution in [-0.2, 0) is 23.2 Å². The molecule has 0 radical (unpaired) electrons. The van der Waals surface area contributed by atoms with E-state index in [4.69, 9.17) is 16.3 Å². The number of halogens is 1. The molecule has 2 saturated heterocycles. The van der Waals surface area contributed by atoms with Crippen molar-refractivity contribution in [1.82, 2.24) is 40.7 Å². The molecule has 14 nitrogen and oxygen atoms in total. The van der Waals surface area contributed by atoms with Gasteiger partial charge in [-0.1, -0.05) is 35.9 Å². The number of piperidine rings is 2. The maximum Gasteiger partial charge on any atom is 0.251 e. The number of H-pyrrole nitrogens is 1. The Morgan fingerprint density at radius 2 is 1.76 bits per heavy atom. The summed E-state index contributed by atoms with van der Waals surface area (Å²) in [6, 6.07) is 21.9. The third-order valence-electron chi connectivity index (χ3n) is 10.9. The topological polar surface area (TPSA) is 176 Å². The minimum absolute atomic E-state index is 0.168. The van der Waals surface area contributed by atoms with Crippen molar-refractivity contribution in [3.8, 4) is 22.9 Å². The number of hydrogen-bond acceptors (Lipinski definition) is 9. The van der Waals surface area contributed by atoms with Gasteiger partial charge in [-0.25, -0.2) is 9.97 Å². The van der Waals surface area contributed by atoms with Crippen LogP contribution in [0.3, 0.4) is 0 Å². The highest BCUT2D eigenvalue weighted by atomic mass is 35.5. The summed E-state index contributed by atoms with van der Waals surface area (Å²) in [5.74, 6) is 0.214. The SMILES string of the molecule is Cc1nn(C)cc1-c1nc2ncc(Cl)c(Oc3ccc(C(=O)NCc4cccc(C(=O)NC5(C)CCN(c6ccc([C@@H]7CCC(=O)NC7=O)cc6)CC5)c4)cc3)c2[nH]1. The minimum atomic E-state index is -0.393. The number of benzene rings is 3. The first-order chi connectivity index (χ1) is 27.9. The van der Waals surface area contributed by atoms with Gasteiger partial charge in [-0.05, 0) is 92.8 Å². The molecule has 1 atom stereocenters. The number of carbonyl (C=O) groups is 4. The number of anilines is 1. The number of nitrogens with zero attached hydrogens (tertiary/aromatic N) is 5. The fourth-order valence-corrected chi connectivity index (χ4v) is 7.71. The van der Waals surface area contributed by atoms with Gasteiger partial charge >= 0.3 is 0 Å². The molecule has 58 heavy (non-hydrogen) atoms. The number of imidazole rings is 1. The predicted molar refractivity (Wildman–Crippen MR) is 219 cm³/mol. The highest BCUT2D eigenvalue weighted by Crippen LogP contribution is 2.36. The molecule has 5 heterocycles. The number of pyridine rings is 1. The van der Waals surface area contributed by atoms with Crippen molar-refractivity contribution in [3.63, 3.8) is 0 Å². The Morgan fingerprint density at radius 3 is 2.47 bits per heavy atom. The lowest BCUT2D eigenvalue weighted by Crippen LogP contribution is -2.53. The lowest BCUT2D eigenvalue weighted by atomic mass is 9.88. The monoisotopic (exact) mass is 799 g/mol. The molecule has 0 aliphatic carbocycles. The van der Waals surface area contributed by atoms with Crippen LogP contribution in [-0.4, -0.2) is 67.0 Å². The molecule has 6 aromatic rings. The molecular weight excluding hydrogens is 758 g/mol. The van der Waals surface area contributed by atoms with E-state index >= 15 is 0 Å². The second-order valence-corrected chi connectivity index (χ2v) is 15.5. The number of hydrogen-bond donors (Lipinski definition) is 4. The van der Waals surface area contributed by atoms with Crippen LogP contribution in [0.25, 0.3) is 22.6 Å². The lowest BCUT2D eigenvalue weighted by Gasteiger charge is -2.41. The second kappa shape index (κ2) is 15.8. The fourth-order valence-electron chi connectivity index (χ4n) is 7.53. The molecule has 2 fully saturated rings. The third-order valence-corrected chi connectivity index (χ3v) is 11.1. The van der Waals surface area contributed by atoms with Crippen LogP contribution in [0.5, 0.6) is 11.5 Å². The number of imide groups is 1. The van der Waals surface area contributed by atoms with E-state index < -0.39 is 5.54 Å². The first-order valence-electron chi connectivity index (χ1n) is 19.1. The maximum absolute atomic E-state index is 13.5. The Morgan fingerprint density at radius 1 is 1.00 bits per heavy atom.